The molecule has 7 heteroatoms. The number of fused-ring (bicyclic) bond motifs is 1. The van der Waals surface area contributed by atoms with E-state index in [-0.39, 0.29) is 17.9 Å². The first-order chi connectivity index (χ1) is 10.9. The number of aromatic amines is 1. The smallest absolute Gasteiger partial charge is 0.326 e. The molecule has 1 aromatic carbocycles. The second-order valence-electron chi connectivity index (χ2n) is 5.49. The van der Waals surface area contributed by atoms with Crippen molar-refractivity contribution in [3.05, 3.63) is 40.3 Å². The van der Waals surface area contributed by atoms with Crippen molar-refractivity contribution in [1.29, 1.82) is 0 Å². The summed E-state index contributed by atoms with van der Waals surface area (Å²) in [6, 6.07) is 5.90. The van der Waals surface area contributed by atoms with Gasteiger partial charge in [0.05, 0.1) is 17.5 Å². The van der Waals surface area contributed by atoms with Gasteiger partial charge in [0.15, 0.2) is 0 Å². The van der Waals surface area contributed by atoms with E-state index in [1.54, 1.807) is 31.2 Å². The van der Waals surface area contributed by atoms with Crippen molar-refractivity contribution in [1.82, 2.24) is 15.5 Å². The molecule has 0 aliphatic rings. The Bertz CT molecular complexity index is 784. The van der Waals surface area contributed by atoms with Crippen LogP contribution in [0.4, 0.5) is 0 Å². The molecule has 0 radical (unpaired) electrons. The molecule has 1 aromatic heterocycles. The Morgan fingerprint density at radius 3 is 2.57 bits per heavy atom. The van der Waals surface area contributed by atoms with Gasteiger partial charge in [-0.2, -0.15) is 5.10 Å². The minimum Gasteiger partial charge on any atom is -0.480 e. The van der Waals surface area contributed by atoms with Gasteiger partial charge in [-0.15, -0.1) is 0 Å². The van der Waals surface area contributed by atoms with E-state index < -0.39 is 17.9 Å². The van der Waals surface area contributed by atoms with Gasteiger partial charge in [0, 0.05) is 5.39 Å². The van der Waals surface area contributed by atoms with Crippen LogP contribution in [0.25, 0.3) is 10.8 Å². The lowest BCUT2D eigenvalue weighted by Gasteiger charge is -2.20. The van der Waals surface area contributed by atoms with Crippen LogP contribution in [0.1, 0.15) is 26.0 Å². The van der Waals surface area contributed by atoms with Crippen LogP contribution in [0, 0.1) is 5.92 Å². The molecule has 3 N–H and O–H groups in total. The van der Waals surface area contributed by atoms with Crippen LogP contribution < -0.4 is 10.9 Å². The number of aromatic nitrogens is 2. The number of nitrogens with one attached hydrogen (secondary N) is 2. The maximum atomic E-state index is 12.2. The highest BCUT2D eigenvalue weighted by Crippen LogP contribution is 2.13. The quantitative estimate of drug-likeness (QED) is 0.738. The zero-order chi connectivity index (χ0) is 17.0. The largest absolute Gasteiger partial charge is 0.480 e. The summed E-state index contributed by atoms with van der Waals surface area (Å²) in [4.78, 5) is 35.2. The molecule has 0 spiro atoms. The number of rotatable bonds is 6. The van der Waals surface area contributed by atoms with E-state index in [0.717, 1.165) is 0 Å². The first-order valence-electron chi connectivity index (χ1n) is 7.42. The third-order valence-corrected chi connectivity index (χ3v) is 3.90. The number of hydrogen-bond donors (Lipinski definition) is 3. The Kier molecular flexibility index (Phi) is 5.10. The van der Waals surface area contributed by atoms with Crippen molar-refractivity contribution in [3.8, 4) is 0 Å². The summed E-state index contributed by atoms with van der Waals surface area (Å²) >= 11 is 0. The second-order valence-corrected chi connectivity index (χ2v) is 5.49. The maximum Gasteiger partial charge on any atom is 0.326 e. The molecule has 0 aliphatic heterocycles. The molecule has 1 amide bonds. The lowest BCUT2D eigenvalue weighted by Crippen LogP contribution is -2.45. The van der Waals surface area contributed by atoms with Gasteiger partial charge < -0.3 is 10.4 Å². The molecule has 2 aromatic rings. The van der Waals surface area contributed by atoms with Crippen molar-refractivity contribution < 1.29 is 14.7 Å². The predicted octanol–water partition coefficient (Wildman–Crippen LogP) is 1.08. The van der Waals surface area contributed by atoms with Gasteiger partial charge in [0.1, 0.15) is 6.04 Å². The highest BCUT2D eigenvalue weighted by Gasteiger charge is 2.25. The number of carboxylic acid groups (broad SMARTS) is 1. The van der Waals surface area contributed by atoms with Gasteiger partial charge in [0.25, 0.3) is 5.56 Å². The van der Waals surface area contributed by atoms with Crippen molar-refractivity contribution >= 4 is 22.6 Å². The van der Waals surface area contributed by atoms with Crippen LogP contribution in [-0.4, -0.2) is 33.2 Å². The van der Waals surface area contributed by atoms with E-state index in [4.69, 9.17) is 0 Å². The highest BCUT2D eigenvalue weighted by molar-refractivity contribution is 5.90. The van der Waals surface area contributed by atoms with E-state index in [9.17, 15) is 19.5 Å². The summed E-state index contributed by atoms with van der Waals surface area (Å²) in [7, 11) is 0. The number of carbonyl (C=O) groups is 2. The molecular weight excluding hydrogens is 298 g/mol. The minimum atomic E-state index is -1.06. The first-order valence-corrected chi connectivity index (χ1v) is 7.42. The Balaban J connectivity index is 2.22. The number of hydrogen-bond acceptors (Lipinski definition) is 4. The van der Waals surface area contributed by atoms with E-state index in [0.29, 0.717) is 22.9 Å². The summed E-state index contributed by atoms with van der Waals surface area (Å²) in [5.74, 6) is -1.69. The van der Waals surface area contributed by atoms with Crippen LogP contribution >= 0.6 is 0 Å². The van der Waals surface area contributed by atoms with Gasteiger partial charge in [-0.1, -0.05) is 38.5 Å². The molecule has 0 aliphatic carbocycles. The molecule has 0 fully saturated rings. The van der Waals surface area contributed by atoms with Crippen LogP contribution in [-0.2, 0) is 16.0 Å². The SMILES string of the molecule is CC[C@@H](C)[C@@H](NC(=O)Cc1n[nH]c(=O)c2ccccc12)C(=O)O. The van der Waals surface area contributed by atoms with Crippen molar-refractivity contribution in [2.75, 3.05) is 0 Å². The van der Waals surface area contributed by atoms with Crippen molar-refractivity contribution in [2.45, 2.75) is 32.7 Å². The number of benzene rings is 1. The van der Waals surface area contributed by atoms with E-state index in [1.165, 1.54) is 0 Å². The summed E-state index contributed by atoms with van der Waals surface area (Å²) in [6.07, 6.45) is 0.536. The molecule has 1 heterocycles. The molecule has 0 saturated heterocycles. The number of nitrogens with zero attached hydrogens (tertiary/aromatic N) is 1. The van der Waals surface area contributed by atoms with Crippen LogP contribution in [0.2, 0.25) is 0 Å². The summed E-state index contributed by atoms with van der Waals surface area (Å²) in [5.41, 5.74) is 0.0822. The Morgan fingerprint density at radius 1 is 1.30 bits per heavy atom. The van der Waals surface area contributed by atoms with Crippen molar-refractivity contribution in [3.63, 3.8) is 0 Å². The number of H-pyrrole nitrogens is 1. The summed E-state index contributed by atoms with van der Waals surface area (Å²) in [6.45, 7) is 3.64. The standard InChI is InChI=1S/C16H19N3O4/c1-3-9(2)14(16(22)23)17-13(20)8-12-10-6-4-5-7-11(10)15(21)19-18-12/h4-7,9,14H,3,8H2,1-2H3,(H,17,20)(H,19,21)(H,22,23)/t9-,14-/m1/s1. The highest BCUT2D eigenvalue weighted by atomic mass is 16.4. The number of carbonyl (C=O) groups excluding carboxylic acids is 1. The van der Waals surface area contributed by atoms with Gasteiger partial charge in [-0.3, -0.25) is 9.59 Å². The molecule has 0 unspecified atom stereocenters. The molecule has 0 saturated carbocycles. The molecule has 122 valence electrons. The predicted molar refractivity (Wildman–Crippen MR) is 85.1 cm³/mol. The van der Waals surface area contributed by atoms with E-state index in [2.05, 4.69) is 15.5 Å². The van der Waals surface area contributed by atoms with E-state index >= 15 is 0 Å². The molecule has 0 bridgehead atoms. The average Bonchev–Trinajstić information content (AvgIpc) is 2.54. The van der Waals surface area contributed by atoms with Gasteiger partial charge in [0.2, 0.25) is 5.91 Å². The van der Waals surface area contributed by atoms with Gasteiger partial charge in [-0.05, 0) is 12.0 Å². The fourth-order valence-electron chi connectivity index (χ4n) is 2.37. The second kappa shape index (κ2) is 7.04. The number of amides is 1. The zero-order valence-electron chi connectivity index (χ0n) is 13.0. The summed E-state index contributed by atoms with van der Waals surface area (Å²) < 4.78 is 0. The van der Waals surface area contributed by atoms with Gasteiger partial charge in [-0.25, -0.2) is 9.89 Å². The fraction of sp³-hybridized carbons (Fsp3) is 0.375. The lowest BCUT2D eigenvalue weighted by molar-refractivity contribution is -0.143. The lowest BCUT2D eigenvalue weighted by atomic mass is 9.99. The Morgan fingerprint density at radius 2 is 1.96 bits per heavy atom. The topological polar surface area (TPSA) is 112 Å². The molecular formula is C16H19N3O4. The van der Waals surface area contributed by atoms with Crippen LogP contribution in [0.5, 0.6) is 0 Å². The average molecular weight is 317 g/mol. The van der Waals surface area contributed by atoms with Gasteiger partial charge >= 0.3 is 5.97 Å². The monoisotopic (exact) mass is 317 g/mol. The van der Waals surface area contributed by atoms with E-state index in [1.807, 2.05) is 6.92 Å². The van der Waals surface area contributed by atoms with Crippen molar-refractivity contribution in [2.24, 2.45) is 5.92 Å². The molecule has 23 heavy (non-hydrogen) atoms. The zero-order valence-corrected chi connectivity index (χ0v) is 13.0. The summed E-state index contributed by atoms with van der Waals surface area (Å²) in [5, 5.41) is 19.1. The Labute approximate surface area is 132 Å². The van der Waals surface area contributed by atoms with Crippen LogP contribution in [0.3, 0.4) is 0 Å². The third kappa shape index (κ3) is 3.74. The maximum absolute atomic E-state index is 12.2. The minimum absolute atomic E-state index is 0.0997. The molecule has 2 rings (SSSR count). The Hall–Kier alpha value is -2.70. The number of aliphatic carboxylic acids is 1. The molecule has 7 nitrogen and oxygen atoms in total. The fourth-order valence-corrected chi connectivity index (χ4v) is 2.37. The normalized spacial score (nSPS) is 13.5. The van der Waals surface area contributed by atoms with Crippen LogP contribution in [0.15, 0.2) is 29.1 Å². The molecule has 2 atom stereocenters. The first kappa shape index (κ1) is 16.7. The number of carboxylic acids is 1. The third-order valence-electron chi connectivity index (χ3n) is 3.90.